The Morgan fingerprint density at radius 2 is 0.861 bits per heavy atom. The Morgan fingerprint density at radius 3 is 1.31 bits per heavy atom. The van der Waals surface area contributed by atoms with Gasteiger partial charge in [0.15, 0.2) is 0 Å². The third-order valence-corrected chi connectivity index (χ3v) is 5.60. The molecule has 3 rings (SSSR count). The molecule has 0 aliphatic heterocycles. The molecule has 6 N–H and O–H groups in total. The van der Waals surface area contributed by atoms with Gasteiger partial charge in [-0.25, -0.2) is 0 Å². The second-order valence-corrected chi connectivity index (χ2v) is 7.80. The van der Waals surface area contributed by atoms with Crippen LogP contribution in [0.4, 0.5) is 64.1 Å². The second-order valence-electron chi connectivity index (χ2n) is 7.80. The minimum Gasteiger partial charge on any atom is -0.398 e. The maximum absolute atomic E-state index is 13.5. The first-order valence-corrected chi connectivity index (χ1v) is 9.26. The van der Waals surface area contributed by atoms with Gasteiger partial charge in [0, 0.05) is 27.9 Å². The quantitative estimate of drug-likeness (QED) is 0.188. The maximum atomic E-state index is 13.5. The van der Waals surface area contributed by atoms with Crippen molar-refractivity contribution in [1.29, 1.82) is 0 Å². The summed E-state index contributed by atoms with van der Waals surface area (Å²) in [6, 6.07) is 2.42. The molecule has 0 saturated heterocycles. The molecule has 0 heterocycles. The predicted molar refractivity (Wildman–Crippen MR) is 102 cm³/mol. The molecule has 4 nitrogen and oxygen atoms in total. The minimum atomic E-state index is -6.38. The summed E-state index contributed by atoms with van der Waals surface area (Å²) in [5, 5.41) is 16.7. The number of fused-ring (bicyclic) bond motifs is 2. The first-order chi connectivity index (χ1) is 16.0. The number of benzene rings is 3. The van der Waals surface area contributed by atoms with Gasteiger partial charge < -0.3 is 21.7 Å². The number of halogens is 12. The Bertz CT molecular complexity index is 1310. The molecule has 198 valence electrons. The molecule has 0 saturated carbocycles. The summed E-state index contributed by atoms with van der Waals surface area (Å²) in [6.07, 6.45) is -25.5. The van der Waals surface area contributed by atoms with Crippen LogP contribution in [0.5, 0.6) is 0 Å². The molecule has 0 fully saturated rings. The van der Waals surface area contributed by atoms with E-state index in [1.165, 1.54) is 0 Å². The van der Waals surface area contributed by atoms with E-state index in [9.17, 15) is 62.9 Å². The molecule has 16 heteroatoms. The molecular formula is C20H12F12N2O2. The Balaban J connectivity index is 2.51. The summed E-state index contributed by atoms with van der Waals surface area (Å²) in [4.78, 5) is 0. The fourth-order valence-corrected chi connectivity index (χ4v) is 3.74. The van der Waals surface area contributed by atoms with Gasteiger partial charge in [0.1, 0.15) is 0 Å². The lowest BCUT2D eigenvalue weighted by Gasteiger charge is -2.34. The van der Waals surface area contributed by atoms with Gasteiger partial charge in [-0.3, -0.25) is 0 Å². The predicted octanol–water partition coefficient (Wildman–Crippen LogP) is 5.78. The zero-order valence-corrected chi connectivity index (χ0v) is 17.0. The van der Waals surface area contributed by atoms with E-state index in [1.807, 2.05) is 0 Å². The van der Waals surface area contributed by atoms with Crippen molar-refractivity contribution in [3.8, 4) is 0 Å². The van der Waals surface area contributed by atoms with Crippen molar-refractivity contribution in [2.24, 2.45) is 0 Å². The Labute approximate surface area is 191 Å². The molecule has 0 radical (unpaired) electrons. The third-order valence-electron chi connectivity index (χ3n) is 5.60. The van der Waals surface area contributed by atoms with Crippen LogP contribution in [0.3, 0.4) is 0 Å². The summed E-state index contributed by atoms with van der Waals surface area (Å²) in [5.74, 6) is 0. The normalized spacial score (nSPS) is 14.6. The number of anilines is 2. The smallest absolute Gasteiger partial charge is 0.398 e. The highest BCUT2D eigenvalue weighted by Crippen LogP contribution is 2.54. The van der Waals surface area contributed by atoms with Gasteiger partial charge in [0.2, 0.25) is 0 Å². The van der Waals surface area contributed by atoms with Gasteiger partial charge in [0.25, 0.3) is 11.2 Å². The molecule has 3 aromatic carbocycles. The van der Waals surface area contributed by atoms with Crippen molar-refractivity contribution in [1.82, 2.24) is 0 Å². The van der Waals surface area contributed by atoms with Gasteiger partial charge in [-0.2, -0.15) is 52.7 Å². The van der Waals surface area contributed by atoms with Crippen LogP contribution in [0.1, 0.15) is 11.1 Å². The van der Waals surface area contributed by atoms with Gasteiger partial charge >= 0.3 is 24.7 Å². The Hall–Kier alpha value is -3.14. The lowest BCUT2D eigenvalue weighted by molar-refractivity contribution is -0.376. The Morgan fingerprint density at radius 1 is 0.472 bits per heavy atom. The Kier molecular flexibility index (Phi) is 5.85. The van der Waals surface area contributed by atoms with Crippen molar-refractivity contribution in [3.63, 3.8) is 0 Å². The summed E-state index contributed by atoms with van der Waals surface area (Å²) < 4.78 is 161. The van der Waals surface area contributed by atoms with E-state index in [1.54, 1.807) is 0 Å². The lowest BCUT2D eigenvalue weighted by Crippen LogP contribution is -2.54. The van der Waals surface area contributed by atoms with Crippen LogP contribution in [-0.2, 0) is 11.2 Å². The van der Waals surface area contributed by atoms with Crippen LogP contribution < -0.4 is 11.5 Å². The van der Waals surface area contributed by atoms with Crippen LogP contribution in [0.2, 0.25) is 0 Å². The monoisotopic (exact) mass is 540 g/mol. The molecule has 0 aliphatic rings. The van der Waals surface area contributed by atoms with E-state index >= 15 is 0 Å². The van der Waals surface area contributed by atoms with Crippen molar-refractivity contribution in [2.75, 3.05) is 11.5 Å². The van der Waals surface area contributed by atoms with E-state index in [4.69, 9.17) is 11.5 Å². The van der Waals surface area contributed by atoms with Crippen LogP contribution in [0, 0.1) is 0 Å². The number of hydrogen-bond acceptors (Lipinski definition) is 4. The first kappa shape index (κ1) is 27.4. The molecule has 0 aliphatic carbocycles. The molecular weight excluding hydrogens is 528 g/mol. The van der Waals surface area contributed by atoms with Crippen LogP contribution >= 0.6 is 0 Å². The molecule has 0 bridgehead atoms. The highest BCUT2D eigenvalue weighted by atomic mass is 19.4. The standard InChI is InChI=1S/C20H12F12N2O2/c21-17(22,23)15(35,18(24,25)26)11-1-2-13(33)10-4-8-6-14(34)12(5-7(8)3-9(10)11)16(36,19(27,28)29)20(30,31)32/h1-6,35-36H,33-34H2. The topological polar surface area (TPSA) is 92.5 Å². The number of alkyl halides is 12. The molecule has 3 aromatic rings. The highest BCUT2D eigenvalue weighted by molar-refractivity contribution is 6.06. The molecule has 36 heavy (non-hydrogen) atoms. The zero-order chi connectivity index (χ0) is 27.9. The van der Waals surface area contributed by atoms with E-state index in [2.05, 4.69) is 0 Å². The summed E-state index contributed by atoms with van der Waals surface area (Å²) in [7, 11) is 0. The van der Waals surface area contributed by atoms with Crippen molar-refractivity contribution in [2.45, 2.75) is 35.9 Å². The van der Waals surface area contributed by atoms with E-state index in [0.29, 0.717) is 18.2 Å². The number of hydrogen-bond donors (Lipinski definition) is 4. The van der Waals surface area contributed by atoms with Crippen LogP contribution in [0.25, 0.3) is 21.5 Å². The van der Waals surface area contributed by atoms with E-state index in [-0.39, 0.29) is 17.5 Å². The van der Waals surface area contributed by atoms with Crippen molar-refractivity contribution >= 4 is 32.9 Å². The summed E-state index contributed by atoms with van der Waals surface area (Å²) in [6.45, 7) is 0. The highest BCUT2D eigenvalue weighted by Gasteiger charge is 2.73. The van der Waals surface area contributed by atoms with Crippen LogP contribution in [0.15, 0.2) is 36.4 Å². The van der Waals surface area contributed by atoms with Gasteiger partial charge in [0.05, 0.1) is 0 Å². The fraction of sp³-hybridized carbons (Fsp3) is 0.300. The average molecular weight is 540 g/mol. The fourth-order valence-electron chi connectivity index (χ4n) is 3.74. The largest absolute Gasteiger partial charge is 0.430 e. The molecule has 0 amide bonds. The summed E-state index contributed by atoms with van der Waals surface area (Å²) >= 11 is 0. The molecule has 0 spiro atoms. The maximum Gasteiger partial charge on any atom is 0.430 e. The third kappa shape index (κ3) is 3.73. The van der Waals surface area contributed by atoms with E-state index < -0.39 is 74.6 Å². The van der Waals surface area contributed by atoms with Crippen molar-refractivity contribution < 1.29 is 62.9 Å². The summed E-state index contributed by atoms with van der Waals surface area (Å²) in [5.41, 5.74) is -5.57. The molecule has 0 unspecified atom stereocenters. The zero-order valence-electron chi connectivity index (χ0n) is 17.0. The number of aliphatic hydroxyl groups is 2. The lowest BCUT2D eigenvalue weighted by atomic mass is 9.85. The van der Waals surface area contributed by atoms with Crippen molar-refractivity contribution in [3.05, 3.63) is 47.5 Å². The number of nitrogen functional groups attached to an aromatic ring is 2. The van der Waals surface area contributed by atoms with Gasteiger partial charge in [-0.1, -0.05) is 6.07 Å². The minimum absolute atomic E-state index is 0.0261. The van der Waals surface area contributed by atoms with E-state index in [0.717, 1.165) is 6.07 Å². The first-order valence-electron chi connectivity index (χ1n) is 9.26. The molecule has 0 aromatic heterocycles. The average Bonchev–Trinajstić information content (AvgIpc) is 2.68. The van der Waals surface area contributed by atoms with Crippen LogP contribution in [-0.4, -0.2) is 34.9 Å². The van der Waals surface area contributed by atoms with Gasteiger partial charge in [-0.15, -0.1) is 0 Å². The number of nitrogens with two attached hydrogens (primary N) is 2. The molecule has 0 atom stereocenters. The number of rotatable bonds is 2. The van der Waals surface area contributed by atoms with Gasteiger partial charge in [-0.05, 0) is 46.5 Å². The second kappa shape index (κ2) is 7.68. The SMILES string of the molecule is Nc1cc2cc3c(N)ccc(C(O)(C(F)(F)F)C(F)(F)F)c3cc2cc1C(O)(C(F)(F)F)C(F)(F)F.